The molecule has 2 rings (SSSR count). The van der Waals surface area contributed by atoms with Gasteiger partial charge < -0.3 is 10.4 Å². The number of nitrogens with zero attached hydrogens (tertiary/aromatic N) is 1. The first kappa shape index (κ1) is 13.0. The maximum Gasteiger partial charge on any atom is 0.319 e. The molecule has 0 aromatic carbocycles. The predicted molar refractivity (Wildman–Crippen MR) is 67.3 cm³/mol. The second-order valence-electron chi connectivity index (χ2n) is 4.65. The molecule has 5 nitrogen and oxygen atoms in total. The summed E-state index contributed by atoms with van der Waals surface area (Å²) in [4.78, 5) is 27.4. The van der Waals surface area contributed by atoms with Gasteiger partial charge >= 0.3 is 5.97 Å². The van der Waals surface area contributed by atoms with Gasteiger partial charge in [0.2, 0.25) is 5.91 Å². The predicted octanol–water partition coefficient (Wildman–Crippen LogP) is 1.88. The summed E-state index contributed by atoms with van der Waals surface area (Å²) in [6, 6.07) is -0.187. The molecule has 1 aliphatic carbocycles. The van der Waals surface area contributed by atoms with E-state index < -0.39 is 11.4 Å². The molecule has 0 radical (unpaired) electrons. The number of thiazole rings is 1. The van der Waals surface area contributed by atoms with E-state index in [1.807, 2.05) is 19.2 Å². The molecule has 0 aliphatic heterocycles. The molecule has 1 atom stereocenters. The number of carboxylic acid groups (broad SMARTS) is 1. The molecule has 1 aromatic rings. The number of hydrogen-bond acceptors (Lipinski definition) is 4. The Bertz CT molecular complexity index is 479. The van der Waals surface area contributed by atoms with Crippen LogP contribution < -0.4 is 5.32 Å². The lowest BCUT2D eigenvalue weighted by molar-refractivity contribution is -0.149. The normalized spacial score (nSPS) is 18.1. The first-order valence-electron chi connectivity index (χ1n) is 5.96. The molecular formula is C12H16N2O3S. The lowest BCUT2D eigenvalue weighted by Crippen LogP contribution is -2.39. The second kappa shape index (κ2) is 4.68. The van der Waals surface area contributed by atoms with Crippen LogP contribution in [0, 0.1) is 12.3 Å². The number of aliphatic carboxylic acids is 1. The van der Waals surface area contributed by atoms with E-state index in [4.69, 9.17) is 5.11 Å². The Kier molecular flexibility index (Phi) is 3.38. The Morgan fingerprint density at radius 2 is 2.28 bits per heavy atom. The summed E-state index contributed by atoms with van der Waals surface area (Å²) in [6.07, 6.45) is 1.57. The number of carboxylic acids is 1. The molecule has 0 saturated heterocycles. The van der Waals surface area contributed by atoms with Gasteiger partial charge in [-0.2, -0.15) is 0 Å². The number of hydrogen-bond donors (Lipinski definition) is 2. The maximum absolute atomic E-state index is 12.0. The molecule has 0 spiro atoms. The molecule has 1 fully saturated rings. The molecule has 1 heterocycles. The van der Waals surface area contributed by atoms with Gasteiger partial charge in [-0.1, -0.05) is 6.92 Å². The van der Waals surface area contributed by atoms with E-state index in [0.717, 1.165) is 10.7 Å². The van der Waals surface area contributed by atoms with Crippen molar-refractivity contribution in [3.63, 3.8) is 0 Å². The smallest absolute Gasteiger partial charge is 0.319 e. The van der Waals surface area contributed by atoms with Crippen molar-refractivity contribution in [3.05, 3.63) is 16.1 Å². The minimum Gasteiger partial charge on any atom is -0.480 e. The Balaban J connectivity index is 2.08. The van der Waals surface area contributed by atoms with Crippen LogP contribution in [0.25, 0.3) is 0 Å². The summed E-state index contributed by atoms with van der Waals surface area (Å²) in [5.41, 5.74) is -0.262. The first-order chi connectivity index (χ1) is 8.49. The summed E-state index contributed by atoms with van der Waals surface area (Å²) in [6.45, 7) is 3.84. The van der Waals surface area contributed by atoms with Crippen LogP contribution in [-0.2, 0) is 9.59 Å². The van der Waals surface area contributed by atoms with Crippen molar-refractivity contribution in [2.45, 2.75) is 39.2 Å². The lowest BCUT2D eigenvalue weighted by Gasteiger charge is -2.17. The highest BCUT2D eigenvalue weighted by atomic mass is 32.1. The quantitative estimate of drug-likeness (QED) is 0.799. The number of aromatic nitrogens is 1. The monoisotopic (exact) mass is 268 g/mol. The average molecular weight is 268 g/mol. The van der Waals surface area contributed by atoms with Crippen molar-refractivity contribution in [1.29, 1.82) is 0 Å². The van der Waals surface area contributed by atoms with Gasteiger partial charge in [0.15, 0.2) is 0 Å². The van der Waals surface area contributed by atoms with Crippen LogP contribution >= 0.6 is 11.3 Å². The van der Waals surface area contributed by atoms with Gasteiger partial charge in [-0.15, -0.1) is 11.3 Å². The zero-order valence-electron chi connectivity index (χ0n) is 10.4. The van der Waals surface area contributed by atoms with E-state index >= 15 is 0 Å². The molecule has 0 unspecified atom stereocenters. The van der Waals surface area contributed by atoms with Crippen molar-refractivity contribution in [2.75, 3.05) is 0 Å². The van der Waals surface area contributed by atoms with Crippen LogP contribution in [0.1, 0.15) is 42.9 Å². The van der Waals surface area contributed by atoms with Gasteiger partial charge in [0.1, 0.15) is 10.4 Å². The van der Waals surface area contributed by atoms with Crippen LogP contribution in [0.3, 0.4) is 0 Å². The number of carbonyl (C=O) groups excluding carboxylic acids is 1. The van der Waals surface area contributed by atoms with Crippen molar-refractivity contribution in [2.24, 2.45) is 5.41 Å². The van der Waals surface area contributed by atoms with Crippen LogP contribution in [0.4, 0.5) is 0 Å². The SMILES string of the molecule is CC[C@@H](NC(=O)C1(C(=O)O)CC1)c1nc(C)cs1. The average Bonchev–Trinajstić information content (AvgIpc) is 3.04. The van der Waals surface area contributed by atoms with Crippen LogP contribution in [0.5, 0.6) is 0 Å². The summed E-state index contributed by atoms with van der Waals surface area (Å²) in [5, 5.41) is 14.6. The van der Waals surface area contributed by atoms with Gasteiger partial charge in [0, 0.05) is 11.1 Å². The van der Waals surface area contributed by atoms with Crippen molar-refractivity contribution in [3.8, 4) is 0 Å². The number of nitrogens with one attached hydrogen (secondary N) is 1. The fourth-order valence-corrected chi connectivity index (χ4v) is 2.76. The van der Waals surface area contributed by atoms with E-state index in [2.05, 4.69) is 10.3 Å². The molecule has 0 bridgehead atoms. The molecule has 18 heavy (non-hydrogen) atoms. The number of aryl methyl sites for hydroxylation is 1. The second-order valence-corrected chi connectivity index (χ2v) is 5.54. The standard InChI is InChI=1S/C12H16N2O3S/c1-3-8(9-13-7(2)6-18-9)14-10(15)12(4-5-12)11(16)17/h6,8H,3-5H2,1-2H3,(H,14,15)(H,16,17)/t8-/m1/s1. The third-order valence-corrected chi connectivity index (χ3v) is 4.32. The first-order valence-corrected chi connectivity index (χ1v) is 6.84. The number of rotatable bonds is 5. The van der Waals surface area contributed by atoms with Gasteiger partial charge in [-0.25, -0.2) is 4.98 Å². The number of carbonyl (C=O) groups is 2. The fraction of sp³-hybridized carbons (Fsp3) is 0.583. The molecular weight excluding hydrogens is 252 g/mol. The van der Waals surface area contributed by atoms with E-state index in [0.29, 0.717) is 19.3 Å². The topological polar surface area (TPSA) is 79.3 Å². The fourth-order valence-electron chi connectivity index (χ4n) is 1.83. The molecule has 1 aliphatic rings. The third-order valence-electron chi connectivity index (χ3n) is 3.24. The highest BCUT2D eigenvalue weighted by Gasteiger charge is 2.57. The summed E-state index contributed by atoms with van der Waals surface area (Å²) in [7, 11) is 0. The minimum atomic E-state index is -1.18. The molecule has 1 aromatic heterocycles. The van der Waals surface area contributed by atoms with E-state index in [1.54, 1.807) is 0 Å². The Morgan fingerprint density at radius 3 is 2.67 bits per heavy atom. The molecule has 6 heteroatoms. The molecule has 1 amide bonds. The zero-order valence-corrected chi connectivity index (χ0v) is 11.2. The molecule has 98 valence electrons. The van der Waals surface area contributed by atoms with Crippen molar-refractivity contribution < 1.29 is 14.7 Å². The van der Waals surface area contributed by atoms with E-state index in [-0.39, 0.29) is 11.9 Å². The Morgan fingerprint density at radius 1 is 1.61 bits per heavy atom. The lowest BCUT2D eigenvalue weighted by atomic mass is 10.1. The highest BCUT2D eigenvalue weighted by molar-refractivity contribution is 7.09. The van der Waals surface area contributed by atoms with Crippen LogP contribution in [-0.4, -0.2) is 22.0 Å². The number of amides is 1. The Hall–Kier alpha value is -1.43. The highest BCUT2D eigenvalue weighted by Crippen LogP contribution is 2.46. The van der Waals surface area contributed by atoms with Crippen LogP contribution in [0.2, 0.25) is 0 Å². The summed E-state index contributed by atoms with van der Waals surface area (Å²) in [5.74, 6) is -1.40. The molecule has 1 saturated carbocycles. The van der Waals surface area contributed by atoms with E-state index in [1.165, 1.54) is 11.3 Å². The van der Waals surface area contributed by atoms with Gasteiger partial charge in [0.25, 0.3) is 0 Å². The zero-order chi connectivity index (χ0) is 13.3. The summed E-state index contributed by atoms with van der Waals surface area (Å²) < 4.78 is 0. The van der Waals surface area contributed by atoms with Gasteiger partial charge in [-0.05, 0) is 26.2 Å². The van der Waals surface area contributed by atoms with Crippen molar-refractivity contribution in [1.82, 2.24) is 10.3 Å². The summed E-state index contributed by atoms with van der Waals surface area (Å²) >= 11 is 1.49. The van der Waals surface area contributed by atoms with Crippen LogP contribution in [0.15, 0.2) is 5.38 Å². The van der Waals surface area contributed by atoms with Gasteiger partial charge in [-0.3, -0.25) is 9.59 Å². The Labute approximate surface area is 109 Å². The molecule has 2 N–H and O–H groups in total. The maximum atomic E-state index is 12.0. The largest absolute Gasteiger partial charge is 0.480 e. The third kappa shape index (κ3) is 2.25. The van der Waals surface area contributed by atoms with Gasteiger partial charge in [0.05, 0.1) is 6.04 Å². The van der Waals surface area contributed by atoms with E-state index in [9.17, 15) is 9.59 Å². The van der Waals surface area contributed by atoms with Crippen molar-refractivity contribution >= 4 is 23.2 Å². The minimum absolute atomic E-state index is 0.187.